The maximum absolute atomic E-state index is 12.2. The molecule has 0 fully saturated rings. The summed E-state index contributed by atoms with van der Waals surface area (Å²) in [5, 5.41) is 13.9. The molecule has 3 aromatic rings. The zero-order valence-electron chi connectivity index (χ0n) is 19.2. The van der Waals surface area contributed by atoms with E-state index in [4.69, 9.17) is 11.6 Å². The third kappa shape index (κ3) is 6.99. The summed E-state index contributed by atoms with van der Waals surface area (Å²) < 4.78 is 1.56. The lowest BCUT2D eigenvalue weighted by Crippen LogP contribution is -2.29. The van der Waals surface area contributed by atoms with Gasteiger partial charge in [-0.25, -0.2) is 9.78 Å². The monoisotopic (exact) mass is 458 g/mol. The molecule has 0 saturated heterocycles. The van der Waals surface area contributed by atoms with Crippen molar-refractivity contribution in [1.82, 2.24) is 25.1 Å². The molecular weight excluding hydrogens is 424 g/mol. The van der Waals surface area contributed by atoms with E-state index in [1.165, 1.54) is 51.4 Å². The van der Waals surface area contributed by atoms with Gasteiger partial charge in [0.25, 0.3) is 0 Å². The molecule has 7 nitrogen and oxygen atoms in total. The standard InChI is InChI=1S/C24H35ClN6O/c1-3-4-5-6-7-8-9-10-11-12-16-26-24(32)27-20-15-13-14-19(17-20)22-28-23-21(25)18(2)29-31(23)30-22/h13-15,17,29H,3-12,16H2,1-2H3,(H2,26,27,32). The number of aromatic nitrogens is 4. The summed E-state index contributed by atoms with van der Waals surface area (Å²) in [7, 11) is 0. The third-order valence-corrected chi connectivity index (χ3v) is 6.05. The molecule has 1 aromatic carbocycles. The molecule has 0 aliphatic heterocycles. The second kappa shape index (κ2) is 12.5. The van der Waals surface area contributed by atoms with Gasteiger partial charge in [0.2, 0.25) is 0 Å². The average molecular weight is 459 g/mol. The zero-order chi connectivity index (χ0) is 22.8. The molecule has 32 heavy (non-hydrogen) atoms. The summed E-state index contributed by atoms with van der Waals surface area (Å²) in [6.45, 7) is 4.81. The van der Waals surface area contributed by atoms with E-state index in [1.807, 2.05) is 31.2 Å². The summed E-state index contributed by atoms with van der Waals surface area (Å²) in [5.74, 6) is 0.549. The Bertz CT molecular complexity index is 996. The van der Waals surface area contributed by atoms with Crippen LogP contribution in [-0.4, -0.2) is 32.4 Å². The van der Waals surface area contributed by atoms with Gasteiger partial charge in [-0.1, -0.05) is 88.4 Å². The molecule has 0 bridgehead atoms. The Morgan fingerprint density at radius 1 is 1.06 bits per heavy atom. The molecule has 0 aliphatic rings. The number of nitrogens with one attached hydrogen (secondary N) is 3. The van der Waals surface area contributed by atoms with Gasteiger partial charge in [0, 0.05) is 17.8 Å². The van der Waals surface area contributed by atoms with E-state index < -0.39 is 0 Å². The fraction of sp³-hybridized carbons (Fsp3) is 0.542. The number of urea groups is 1. The second-order valence-electron chi connectivity index (χ2n) is 8.37. The van der Waals surface area contributed by atoms with Gasteiger partial charge >= 0.3 is 6.03 Å². The highest BCUT2D eigenvalue weighted by atomic mass is 35.5. The SMILES string of the molecule is CCCCCCCCCCCCNC(=O)Nc1cccc(-c2nc3c(Cl)c(C)[nH]n3n2)c1. The van der Waals surface area contributed by atoms with Crippen LogP contribution < -0.4 is 10.6 Å². The van der Waals surface area contributed by atoms with Crippen LogP contribution in [0.1, 0.15) is 76.8 Å². The summed E-state index contributed by atoms with van der Waals surface area (Å²) >= 11 is 6.24. The number of hydrogen-bond acceptors (Lipinski definition) is 3. The molecule has 0 atom stereocenters. The highest BCUT2D eigenvalue weighted by Gasteiger charge is 2.13. The number of benzene rings is 1. The maximum Gasteiger partial charge on any atom is 0.319 e. The number of halogens is 1. The Morgan fingerprint density at radius 3 is 2.44 bits per heavy atom. The molecule has 0 radical (unpaired) electrons. The number of anilines is 1. The third-order valence-electron chi connectivity index (χ3n) is 5.60. The molecule has 174 valence electrons. The fourth-order valence-corrected chi connectivity index (χ4v) is 3.92. The zero-order valence-corrected chi connectivity index (χ0v) is 20.0. The first-order valence-electron chi connectivity index (χ1n) is 11.8. The Labute approximate surface area is 195 Å². The van der Waals surface area contributed by atoms with E-state index in [0.29, 0.717) is 28.7 Å². The first-order chi connectivity index (χ1) is 15.6. The van der Waals surface area contributed by atoms with Gasteiger partial charge in [0.05, 0.1) is 5.69 Å². The van der Waals surface area contributed by atoms with Crippen LogP contribution in [0.2, 0.25) is 5.02 Å². The van der Waals surface area contributed by atoms with Gasteiger partial charge in [0.15, 0.2) is 11.5 Å². The van der Waals surface area contributed by atoms with Crippen molar-refractivity contribution in [3.63, 3.8) is 0 Å². The van der Waals surface area contributed by atoms with E-state index in [2.05, 4.69) is 32.7 Å². The largest absolute Gasteiger partial charge is 0.338 e. The minimum Gasteiger partial charge on any atom is -0.338 e. The highest BCUT2D eigenvalue weighted by molar-refractivity contribution is 6.34. The minimum atomic E-state index is -0.193. The van der Waals surface area contributed by atoms with E-state index in [0.717, 1.165) is 24.1 Å². The second-order valence-corrected chi connectivity index (χ2v) is 8.74. The van der Waals surface area contributed by atoms with Gasteiger partial charge in [-0.3, -0.25) is 5.10 Å². The summed E-state index contributed by atoms with van der Waals surface area (Å²) in [4.78, 5) is 16.7. The molecule has 0 aliphatic carbocycles. The summed E-state index contributed by atoms with van der Waals surface area (Å²) in [5.41, 5.74) is 2.92. The number of carbonyl (C=O) groups excluding carboxylic acids is 1. The topological polar surface area (TPSA) is 87.1 Å². The van der Waals surface area contributed by atoms with Crippen molar-refractivity contribution in [2.45, 2.75) is 78.1 Å². The van der Waals surface area contributed by atoms with Crippen molar-refractivity contribution < 1.29 is 4.79 Å². The van der Waals surface area contributed by atoms with E-state index in [-0.39, 0.29) is 6.03 Å². The Morgan fingerprint density at radius 2 is 1.75 bits per heavy atom. The lowest BCUT2D eigenvalue weighted by molar-refractivity contribution is 0.252. The molecule has 2 amide bonds. The Kier molecular flexibility index (Phi) is 9.41. The molecule has 0 unspecified atom stereocenters. The van der Waals surface area contributed by atoms with Crippen molar-refractivity contribution in [2.75, 3.05) is 11.9 Å². The van der Waals surface area contributed by atoms with Crippen molar-refractivity contribution >= 4 is 29.0 Å². The van der Waals surface area contributed by atoms with Crippen LogP contribution in [0, 0.1) is 6.92 Å². The number of unbranched alkanes of at least 4 members (excludes halogenated alkanes) is 9. The van der Waals surface area contributed by atoms with Crippen LogP contribution >= 0.6 is 11.6 Å². The number of fused-ring (bicyclic) bond motifs is 1. The maximum atomic E-state index is 12.2. The van der Waals surface area contributed by atoms with Crippen molar-refractivity contribution in [3.8, 4) is 11.4 Å². The molecule has 3 rings (SSSR count). The normalized spacial score (nSPS) is 11.2. The lowest BCUT2D eigenvalue weighted by atomic mass is 10.1. The van der Waals surface area contributed by atoms with Crippen LogP contribution in [0.15, 0.2) is 24.3 Å². The van der Waals surface area contributed by atoms with Gasteiger partial charge in [-0.15, -0.1) is 5.10 Å². The summed E-state index contributed by atoms with van der Waals surface area (Å²) in [6.07, 6.45) is 12.8. The first-order valence-corrected chi connectivity index (χ1v) is 12.2. The van der Waals surface area contributed by atoms with Gasteiger partial charge in [-0.05, 0) is 25.5 Å². The minimum absolute atomic E-state index is 0.193. The molecule has 8 heteroatoms. The van der Waals surface area contributed by atoms with Crippen molar-refractivity contribution in [3.05, 3.63) is 35.0 Å². The number of nitrogens with zero attached hydrogens (tertiary/aromatic N) is 3. The quantitative estimate of drug-likeness (QED) is 0.248. The molecular formula is C24H35ClN6O. The number of aryl methyl sites for hydroxylation is 1. The predicted molar refractivity (Wildman–Crippen MR) is 131 cm³/mol. The van der Waals surface area contributed by atoms with Gasteiger partial charge < -0.3 is 10.6 Å². The van der Waals surface area contributed by atoms with E-state index in [1.54, 1.807) is 4.63 Å². The molecule has 2 heterocycles. The number of H-pyrrole nitrogens is 1. The van der Waals surface area contributed by atoms with E-state index >= 15 is 0 Å². The number of amides is 2. The fourth-order valence-electron chi connectivity index (χ4n) is 3.76. The predicted octanol–water partition coefficient (Wildman–Crippen LogP) is 6.73. The lowest BCUT2D eigenvalue weighted by Gasteiger charge is -2.08. The Balaban J connectivity index is 1.36. The number of aromatic amines is 1. The summed E-state index contributed by atoms with van der Waals surface area (Å²) in [6, 6.07) is 7.29. The van der Waals surface area contributed by atoms with E-state index in [9.17, 15) is 4.79 Å². The molecule has 0 saturated carbocycles. The van der Waals surface area contributed by atoms with Gasteiger partial charge in [-0.2, -0.15) is 4.63 Å². The van der Waals surface area contributed by atoms with Crippen LogP contribution in [-0.2, 0) is 0 Å². The molecule has 2 aromatic heterocycles. The van der Waals surface area contributed by atoms with Crippen LogP contribution in [0.5, 0.6) is 0 Å². The van der Waals surface area contributed by atoms with Crippen LogP contribution in [0.3, 0.4) is 0 Å². The van der Waals surface area contributed by atoms with Crippen LogP contribution in [0.25, 0.3) is 17.0 Å². The van der Waals surface area contributed by atoms with Gasteiger partial charge in [0.1, 0.15) is 5.02 Å². The highest BCUT2D eigenvalue weighted by Crippen LogP contribution is 2.24. The van der Waals surface area contributed by atoms with Crippen LogP contribution in [0.4, 0.5) is 10.5 Å². The Hall–Kier alpha value is -2.54. The molecule has 3 N–H and O–H groups in total. The smallest absolute Gasteiger partial charge is 0.319 e. The van der Waals surface area contributed by atoms with Crippen molar-refractivity contribution in [2.24, 2.45) is 0 Å². The molecule has 0 spiro atoms. The first kappa shape index (κ1) is 24.1. The number of rotatable bonds is 13. The average Bonchev–Trinajstić information content (AvgIpc) is 3.31. The van der Waals surface area contributed by atoms with Crippen molar-refractivity contribution in [1.29, 1.82) is 0 Å². The number of hydrogen-bond donors (Lipinski definition) is 3. The number of carbonyl (C=O) groups is 1.